The Kier molecular flexibility index (Phi) is 5.94. The smallest absolute Gasteiger partial charge is 0.129 e. The van der Waals surface area contributed by atoms with Gasteiger partial charge in [0.1, 0.15) is 24.3 Å². The number of aliphatic hydroxyl groups is 1. The largest absolute Gasteiger partial charge is 0.491 e. The number of aliphatic hydroxyl groups excluding tert-OH is 1. The lowest BCUT2D eigenvalue weighted by atomic mass is 10.2. The molecule has 2 aromatic carbocycles. The van der Waals surface area contributed by atoms with E-state index in [1.807, 2.05) is 31.2 Å². The van der Waals surface area contributed by atoms with Gasteiger partial charge >= 0.3 is 0 Å². The van der Waals surface area contributed by atoms with E-state index in [0.29, 0.717) is 29.7 Å². The second-order valence-electron chi connectivity index (χ2n) is 6.59. The third kappa shape index (κ3) is 4.94. The fourth-order valence-electron chi connectivity index (χ4n) is 2.90. The van der Waals surface area contributed by atoms with Crippen molar-refractivity contribution in [2.45, 2.75) is 38.5 Å². The van der Waals surface area contributed by atoms with Gasteiger partial charge in [0.05, 0.1) is 0 Å². The van der Waals surface area contributed by atoms with E-state index in [0.717, 1.165) is 24.2 Å². The molecule has 0 spiro atoms. The summed E-state index contributed by atoms with van der Waals surface area (Å²) in [5.74, 6) is 0.473. The molecule has 1 N–H and O–H groups in total. The Balaban J connectivity index is 1.59. The Morgan fingerprint density at radius 2 is 2.00 bits per heavy atom. The first-order valence-electron chi connectivity index (χ1n) is 8.58. The lowest BCUT2D eigenvalue weighted by Gasteiger charge is -2.25. The Hall–Kier alpha value is -1.62. The average Bonchev–Trinajstić information content (AvgIpc) is 3.41. The van der Waals surface area contributed by atoms with Crippen molar-refractivity contribution in [1.82, 2.24) is 4.90 Å². The van der Waals surface area contributed by atoms with Crippen molar-refractivity contribution in [3.05, 3.63) is 64.4 Å². The maximum Gasteiger partial charge on any atom is 0.129 e. The summed E-state index contributed by atoms with van der Waals surface area (Å²) in [6.07, 6.45) is 1.49. The van der Waals surface area contributed by atoms with E-state index in [1.165, 1.54) is 6.07 Å². The monoisotopic (exact) mass is 363 g/mol. The van der Waals surface area contributed by atoms with Crippen LogP contribution in [0, 0.1) is 12.7 Å². The zero-order valence-corrected chi connectivity index (χ0v) is 15.0. The second-order valence-corrected chi connectivity index (χ2v) is 7.00. The number of benzene rings is 2. The van der Waals surface area contributed by atoms with Crippen LogP contribution in [0.2, 0.25) is 5.02 Å². The van der Waals surface area contributed by atoms with Gasteiger partial charge in [0, 0.05) is 29.7 Å². The van der Waals surface area contributed by atoms with Crippen molar-refractivity contribution < 1.29 is 14.2 Å². The SMILES string of the molecule is Cc1ccccc1OCC(O)CN(Cc1c(F)cccc1Cl)C1CC1. The van der Waals surface area contributed by atoms with Crippen LogP contribution in [-0.2, 0) is 6.54 Å². The van der Waals surface area contributed by atoms with Crippen LogP contribution in [0.3, 0.4) is 0 Å². The fraction of sp³-hybridized carbons (Fsp3) is 0.400. The van der Waals surface area contributed by atoms with E-state index in [1.54, 1.807) is 12.1 Å². The number of hydrogen-bond acceptors (Lipinski definition) is 3. The fourth-order valence-corrected chi connectivity index (χ4v) is 3.12. The number of hydrogen-bond donors (Lipinski definition) is 1. The quantitative estimate of drug-likeness (QED) is 0.763. The van der Waals surface area contributed by atoms with Crippen LogP contribution >= 0.6 is 11.6 Å². The van der Waals surface area contributed by atoms with Gasteiger partial charge in [-0.05, 0) is 43.5 Å². The average molecular weight is 364 g/mol. The van der Waals surface area contributed by atoms with Gasteiger partial charge in [-0.25, -0.2) is 4.39 Å². The molecule has 3 nitrogen and oxygen atoms in total. The van der Waals surface area contributed by atoms with Crippen molar-refractivity contribution in [3.63, 3.8) is 0 Å². The van der Waals surface area contributed by atoms with E-state index >= 15 is 0 Å². The zero-order chi connectivity index (χ0) is 17.8. The van der Waals surface area contributed by atoms with Crippen molar-refractivity contribution in [1.29, 1.82) is 0 Å². The molecule has 1 fully saturated rings. The molecule has 0 heterocycles. The van der Waals surface area contributed by atoms with Crippen molar-refractivity contribution >= 4 is 11.6 Å². The minimum atomic E-state index is -0.647. The molecule has 5 heteroatoms. The summed E-state index contributed by atoms with van der Waals surface area (Å²) in [5, 5.41) is 10.8. The standard InChI is InChI=1S/C20H23ClFNO2/c1-14-5-2-3-8-20(14)25-13-16(24)11-23(15-9-10-15)12-17-18(21)6-4-7-19(17)22/h2-8,15-16,24H,9-13H2,1H3. The summed E-state index contributed by atoms with van der Waals surface area (Å²) in [5.41, 5.74) is 1.52. The summed E-state index contributed by atoms with van der Waals surface area (Å²) in [4.78, 5) is 2.09. The van der Waals surface area contributed by atoms with E-state index in [9.17, 15) is 9.50 Å². The van der Waals surface area contributed by atoms with Crippen LogP contribution in [-0.4, -0.2) is 35.3 Å². The molecular weight excluding hydrogens is 341 g/mol. The second kappa shape index (κ2) is 8.17. The molecule has 25 heavy (non-hydrogen) atoms. The minimum Gasteiger partial charge on any atom is -0.491 e. The van der Waals surface area contributed by atoms with Crippen LogP contribution in [0.5, 0.6) is 5.75 Å². The molecule has 0 amide bonds. The third-order valence-electron chi connectivity index (χ3n) is 4.46. The summed E-state index contributed by atoms with van der Waals surface area (Å²) in [6.45, 7) is 3.01. The van der Waals surface area contributed by atoms with E-state index in [2.05, 4.69) is 4.90 Å². The van der Waals surface area contributed by atoms with Crippen LogP contribution < -0.4 is 4.74 Å². The van der Waals surface area contributed by atoms with Crippen LogP contribution in [0.15, 0.2) is 42.5 Å². The molecular formula is C20H23ClFNO2. The number of halogens is 2. The summed E-state index contributed by atoms with van der Waals surface area (Å²) in [7, 11) is 0. The van der Waals surface area contributed by atoms with Gasteiger partial charge in [0.25, 0.3) is 0 Å². The van der Waals surface area contributed by atoms with Crippen LogP contribution in [0.4, 0.5) is 4.39 Å². The number of para-hydroxylation sites is 1. The molecule has 1 unspecified atom stereocenters. The third-order valence-corrected chi connectivity index (χ3v) is 4.81. The first kappa shape index (κ1) is 18.2. The molecule has 3 rings (SSSR count). The molecule has 1 aliphatic rings. The van der Waals surface area contributed by atoms with E-state index < -0.39 is 6.10 Å². The highest BCUT2D eigenvalue weighted by Gasteiger charge is 2.31. The molecule has 0 saturated heterocycles. The maximum absolute atomic E-state index is 14.0. The Morgan fingerprint density at radius 1 is 1.24 bits per heavy atom. The minimum absolute atomic E-state index is 0.207. The Bertz CT molecular complexity index is 700. The van der Waals surface area contributed by atoms with E-state index in [4.69, 9.17) is 16.3 Å². The molecule has 1 aliphatic carbocycles. The highest BCUT2D eigenvalue weighted by Crippen LogP contribution is 2.30. The number of ether oxygens (including phenoxy) is 1. The van der Waals surface area contributed by atoms with Crippen LogP contribution in [0.1, 0.15) is 24.0 Å². The van der Waals surface area contributed by atoms with E-state index in [-0.39, 0.29) is 12.4 Å². The van der Waals surface area contributed by atoms with Crippen molar-refractivity contribution in [2.75, 3.05) is 13.2 Å². The zero-order valence-electron chi connectivity index (χ0n) is 14.3. The molecule has 0 aromatic heterocycles. The first-order valence-corrected chi connectivity index (χ1v) is 8.96. The highest BCUT2D eigenvalue weighted by molar-refractivity contribution is 6.31. The molecule has 1 atom stereocenters. The van der Waals surface area contributed by atoms with Gasteiger partial charge in [0.2, 0.25) is 0 Å². The topological polar surface area (TPSA) is 32.7 Å². The number of aryl methyl sites for hydroxylation is 1. The predicted octanol–water partition coefficient (Wildman–Crippen LogP) is 4.19. The van der Waals surface area contributed by atoms with Crippen molar-refractivity contribution in [3.8, 4) is 5.75 Å². The normalized spacial score (nSPS) is 15.4. The molecule has 2 aromatic rings. The maximum atomic E-state index is 14.0. The Morgan fingerprint density at radius 3 is 2.68 bits per heavy atom. The van der Waals surface area contributed by atoms with Gasteiger partial charge in [-0.3, -0.25) is 4.90 Å². The summed E-state index contributed by atoms with van der Waals surface area (Å²) >= 11 is 6.14. The van der Waals surface area contributed by atoms with Gasteiger partial charge in [0.15, 0.2) is 0 Å². The lowest BCUT2D eigenvalue weighted by molar-refractivity contribution is 0.0620. The number of nitrogens with zero attached hydrogens (tertiary/aromatic N) is 1. The first-order chi connectivity index (χ1) is 12.0. The molecule has 0 bridgehead atoms. The summed E-state index contributed by atoms with van der Waals surface area (Å²) < 4.78 is 19.8. The molecule has 134 valence electrons. The van der Waals surface area contributed by atoms with Gasteiger partial charge in [-0.2, -0.15) is 0 Å². The van der Waals surface area contributed by atoms with Gasteiger partial charge in [-0.15, -0.1) is 0 Å². The number of rotatable bonds is 8. The molecule has 0 aliphatic heterocycles. The summed E-state index contributed by atoms with van der Waals surface area (Å²) in [6, 6.07) is 12.8. The van der Waals surface area contributed by atoms with Gasteiger partial charge < -0.3 is 9.84 Å². The van der Waals surface area contributed by atoms with Gasteiger partial charge in [-0.1, -0.05) is 35.9 Å². The Labute approximate surface area is 153 Å². The molecule has 0 radical (unpaired) electrons. The van der Waals surface area contributed by atoms with Crippen LogP contribution in [0.25, 0.3) is 0 Å². The van der Waals surface area contributed by atoms with Crippen molar-refractivity contribution in [2.24, 2.45) is 0 Å². The highest BCUT2D eigenvalue weighted by atomic mass is 35.5. The lowest BCUT2D eigenvalue weighted by Crippen LogP contribution is -2.37. The predicted molar refractivity (Wildman–Crippen MR) is 97.5 cm³/mol. The molecule has 1 saturated carbocycles.